The Morgan fingerprint density at radius 1 is 1.21 bits per heavy atom. The van der Waals surface area contributed by atoms with E-state index in [9.17, 15) is 9.59 Å². The van der Waals surface area contributed by atoms with Crippen molar-refractivity contribution in [1.82, 2.24) is 16.0 Å². The Morgan fingerprint density at radius 2 is 2.00 bits per heavy atom. The summed E-state index contributed by atoms with van der Waals surface area (Å²) in [5.74, 6) is 1.21. The highest BCUT2D eigenvalue weighted by molar-refractivity contribution is 5.94. The number of carbonyl (C=O) groups is 2. The Morgan fingerprint density at radius 3 is 2.69 bits per heavy atom. The topological polar surface area (TPSA) is 105 Å². The average molecular weight is 400 g/mol. The fourth-order valence-electron chi connectivity index (χ4n) is 2.77. The molecule has 0 aliphatic heterocycles. The minimum absolute atomic E-state index is 0.102. The quantitative estimate of drug-likeness (QED) is 0.356. The number of nitrogens with zero attached hydrogens (tertiary/aromatic N) is 1. The smallest absolute Gasteiger partial charge is 0.341 e. The Labute approximate surface area is 170 Å². The van der Waals surface area contributed by atoms with Gasteiger partial charge < -0.3 is 25.1 Å². The van der Waals surface area contributed by atoms with Crippen molar-refractivity contribution in [2.45, 2.75) is 26.8 Å². The van der Waals surface area contributed by atoms with Crippen molar-refractivity contribution in [2.24, 2.45) is 4.99 Å². The number of amides is 1. The second kappa shape index (κ2) is 10.9. The maximum atomic E-state index is 11.7. The number of benzene rings is 1. The lowest BCUT2D eigenvalue weighted by molar-refractivity contribution is 0.0598. The van der Waals surface area contributed by atoms with Gasteiger partial charge in [0, 0.05) is 25.7 Å². The van der Waals surface area contributed by atoms with Gasteiger partial charge in [0.05, 0.1) is 7.11 Å². The van der Waals surface area contributed by atoms with Gasteiger partial charge in [-0.05, 0) is 44.0 Å². The minimum atomic E-state index is -0.425. The molecule has 8 nitrogen and oxygen atoms in total. The third-order valence-electron chi connectivity index (χ3n) is 4.23. The highest BCUT2D eigenvalue weighted by Crippen LogP contribution is 2.16. The summed E-state index contributed by atoms with van der Waals surface area (Å²) >= 11 is 0. The predicted molar refractivity (Wildman–Crippen MR) is 111 cm³/mol. The summed E-state index contributed by atoms with van der Waals surface area (Å²) in [5, 5.41) is 9.06. The van der Waals surface area contributed by atoms with Gasteiger partial charge in [-0.15, -0.1) is 0 Å². The molecule has 1 amide bonds. The van der Waals surface area contributed by atoms with Crippen LogP contribution in [0.5, 0.6) is 0 Å². The molecule has 0 saturated carbocycles. The molecule has 0 aliphatic carbocycles. The normalized spacial score (nSPS) is 11.1. The van der Waals surface area contributed by atoms with E-state index in [4.69, 9.17) is 9.15 Å². The van der Waals surface area contributed by atoms with Crippen molar-refractivity contribution in [2.75, 3.05) is 27.2 Å². The van der Waals surface area contributed by atoms with Gasteiger partial charge in [-0.25, -0.2) is 9.79 Å². The largest absolute Gasteiger partial charge is 0.465 e. The van der Waals surface area contributed by atoms with Crippen LogP contribution in [-0.2, 0) is 17.7 Å². The lowest BCUT2D eigenvalue weighted by Gasteiger charge is -2.11. The maximum Gasteiger partial charge on any atom is 0.341 e. The van der Waals surface area contributed by atoms with Crippen LogP contribution in [0.25, 0.3) is 0 Å². The number of guanidine groups is 1. The van der Waals surface area contributed by atoms with Gasteiger partial charge in [0.25, 0.3) is 5.91 Å². The van der Waals surface area contributed by atoms with Crippen molar-refractivity contribution >= 4 is 17.8 Å². The SMILES string of the molecule is CCNC(=NCc1cc(C(=O)OC)c(C)o1)NCCc1cccc(C(=O)NC)c1. The summed E-state index contributed by atoms with van der Waals surface area (Å²) in [5.41, 5.74) is 2.10. The molecule has 1 aromatic heterocycles. The lowest BCUT2D eigenvalue weighted by Crippen LogP contribution is -2.38. The van der Waals surface area contributed by atoms with E-state index in [0.29, 0.717) is 48.2 Å². The van der Waals surface area contributed by atoms with Gasteiger partial charge in [-0.1, -0.05) is 12.1 Å². The highest BCUT2D eigenvalue weighted by Gasteiger charge is 2.15. The average Bonchev–Trinajstić information content (AvgIpc) is 3.11. The first-order valence-corrected chi connectivity index (χ1v) is 9.49. The van der Waals surface area contributed by atoms with E-state index in [1.807, 2.05) is 25.1 Å². The van der Waals surface area contributed by atoms with Crippen LogP contribution in [0.2, 0.25) is 0 Å². The van der Waals surface area contributed by atoms with E-state index in [0.717, 1.165) is 12.0 Å². The van der Waals surface area contributed by atoms with Crippen molar-refractivity contribution < 1.29 is 18.7 Å². The number of esters is 1. The lowest BCUT2D eigenvalue weighted by atomic mass is 10.1. The predicted octanol–water partition coefficient (Wildman–Crippen LogP) is 2.03. The maximum absolute atomic E-state index is 11.7. The molecule has 1 aromatic carbocycles. The summed E-state index contributed by atoms with van der Waals surface area (Å²) in [4.78, 5) is 27.9. The molecule has 3 N–H and O–H groups in total. The van der Waals surface area contributed by atoms with Crippen LogP contribution >= 0.6 is 0 Å². The molecule has 1 heterocycles. The number of furan rings is 1. The molecule has 0 bridgehead atoms. The molecule has 2 aromatic rings. The number of ether oxygens (including phenoxy) is 1. The van der Waals surface area contributed by atoms with Gasteiger partial charge in [0.15, 0.2) is 5.96 Å². The molecule has 0 unspecified atom stereocenters. The minimum Gasteiger partial charge on any atom is -0.465 e. The zero-order valence-electron chi connectivity index (χ0n) is 17.3. The van der Waals surface area contributed by atoms with Crippen LogP contribution in [0.3, 0.4) is 0 Å². The molecule has 0 aliphatic rings. The zero-order chi connectivity index (χ0) is 21.2. The summed E-state index contributed by atoms with van der Waals surface area (Å²) < 4.78 is 10.3. The standard InChI is InChI=1S/C21H28N4O4/c1-5-23-21(25-13-17-12-18(14(2)29-17)20(27)28-4)24-10-9-15-7-6-8-16(11-15)19(26)22-3/h6-8,11-12H,5,9-10,13H2,1-4H3,(H,22,26)(H2,23,24,25). The number of aliphatic imine (C=N–C) groups is 1. The van der Waals surface area contributed by atoms with Gasteiger partial charge in [0.1, 0.15) is 23.6 Å². The first-order chi connectivity index (χ1) is 14.0. The van der Waals surface area contributed by atoms with Gasteiger partial charge in [-0.3, -0.25) is 4.79 Å². The Balaban J connectivity index is 1.96. The van der Waals surface area contributed by atoms with E-state index in [1.165, 1.54) is 7.11 Å². The monoisotopic (exact) mass is 400 g/mol. The van der Waals surface area contributed by atoms with Crippen LogP contribution in [0.15, 0.2) is 39.7 Å². The number of methoxy groups -OCH3 is 1. The Bertz CT molecular complexity index is 873. The van der Waals surface area contributed by atoms with Crippen molar-refractivity contribution in [3.8, 4) is 0 Å². The van der Waals surface area contributed by atoms with Crippen LogP contribution in [-0.4, -0.2) is 45.1 Å². The van der Waals surface area contributed by atoms with Crippen molar-refractivity contribution in [3.63, 3.8) is 0 Å². The second-order valence-corrected chi connectivity index (χ2v) is 6.33. The number of hydrogen-bond donors (Lipinski definition) is 3. The number of hydrogen-bond acceptors (Lipinski definition) is 5. The van der Waals surface area contributed by atoms with Crippen LogP contribution < -0.4 is 16.0 Å². The molecular weight excluding hydrogens is 372 g/mol. The van der Waals surface area contributed by atoms with Crippen LogP contribution in [0.1, 0.15) is 44.7 Å². The highest BCUT2D eigenvalue weighted by atomic mass is 16.5. The molecule has 0 fully saturated rings. The van der Waals surface area contributed by atoms with Crippen LogP contribution in [0, 0.1) is 6.92 Å². The summed E-state index contributed by atoms with van der Waals surface area (Å²) in [6.07, 6.45) is 0.738. The van der Waals surface area contributed by atoms with Crippen molar-refractivity contribution in [1.29, 1.82) is 0 Å². The zero-order valence-corrected chi connectivity index (χ0v) is 17.3. The van der Waals surface area contributed by atoms with Crippen LogP contribution in [0.4, 0.5) is 0 Å². The number of rotatable bonds is 8. The Hall–Kier alpha value is -3.29. The fourth-order valence-corrected chi connectivity index (χ4v) is 2.77. The first kappa shape index (κ1) is 22.0. The Kier molecular flexibility index (Phi) is 8.27. The summed E-state index contributed by atoms with van der Waals surface area (Å²) in [6.45, 7) is 5.35. The van der Waals surface area contributed by atoms with E-state index >= 15 is 0 Å². The summed E-state index contributed by atoms with van der Waals surface area (Å²) in [7, 11) is 2.95. The van der Waals surface area contributed by atoms with E-state index in [2.05, 4.69) is 20.9 Å². The molecule has 0 radical (unpaired) electrons. The third-order valence-corrected chi connectivity index (χ3v) is 4.23. The van der Waals surface area contributed by atoms with Crippen molar-refractivity contribution in [3.05, 3.63) is 58.5 Å². The molecule has 8 heteroatoms. The molecule has 2 rings (SSSR count). The van der Waals surface area contributed by atoms with E-state index in [1.54, 1.807) is 26.1 Å². The molecule has 0 atom stereocenters. The third kappa shape index (κ3) is 6.38. The van der Waals surface area contributed by atoms with Gasteiger partial charge >= 0.3 is 5.97 Å². The molecular formula is C21H28N4O4. The molecule has 156 valence electrons. The number of aryl methyl sites for hydroxylation is 1. The molecule has 0 spiro atoms. The van der Waals surface area contributed by atoms with E-state index < -0.39 is 5.97 Å². The van der Waals surface area contributed by atoms with Gasteiger partial charge in [0.2, 0.25) is 0 Å². The second-order valence-electron chi connectivity index (χ2n) is 6.33. The summed E-state index contributed by atoms with van der Waals surface area (Å²) in [6, 6.07) is 9.17. The van der Waals surface area contributed by atoms with Gasteiger partial charge in [-0.2, -0.15) is 0 Å². The molecule has 0 saturated heterocycles. The number of nitrogens with one attached hydrogen (secondary N) is 3. The first-order valence-electron chi connectivity index (χ1n) is 9.49. The molecule has 29 heavy (non-hydrogen) atoms. The van der Waals surface area contributed by atoms with E-state index in [-0.39, 0.29) is 5.91 Å². The fraction of sp³-hybridized carbons (Fsp3) is 0.381. The number of carbonyl (C=O) groups excluding carboxylic acids is 2.